The van der Waals surface area contributed by atoms with Gasteiger partial charge in [-0.3, -0.25) is 9.59 Å². The van der Waals surface area contributed by atoms with Gasteiger partial charge in [0.25, 0.3) is 5.91 Å². The minimum Gasteiger partial charge on any atom is -0.326 e. The van der Waals surface area contributed by atoms with Gasteiger partial charge in [0.1, 0.15) is 6.54 Å². The number of aromatic nitrogens is 1. The number of thiazole rings is 1. The van der Waals surface area contributed by atoms with Gasteiger partial charge >= 0.3 is 0 Å². The molecule has 1 saturated carbocycles. The highest BCUT2D eigenvalue weighted by molar-refractivity contribution is 7.13. The molecule has 0 aliphatic heterocycles. The second-order valence-corrected chi connectivity index (χ2v) is 8.39. The van der Waals surface area contributed by atoms with Crippen LogP contribution in [0.1, 0.15) is 48.2 Å². The van der Waals surface area contributed by atoms with Crippen LogP contribution in [0.3, 0.4) is 0 Å². The zero-order valence-electron chi connectivity index (χ0n) is 15.0. The van der Waals surface area contributed by atoms with Crippen molar-refractivity contribution in [1.82, 2.24) is 9.88 Å². The molecule has 0 atom stereocenters. The Labute approximate surface area is 172 Å². The summed E-state index contributed by atoms with van der Waals surface area (Å²) in [6, 6.07) is 4.83. The highest BCUT2D eigenvalue weighted by atomic mass is 35.5. The first-order chi connectivity index (χ1) is 12.9. The average molecular weight is 426 g/mol. The highest BCUT2D eigenvalue weighted by Crippen LogP contribution is 2.27. The summed E-state index contributed by atoms with van der Waals surface area (Å²) in [6.07, 6.45) is 5.04. The van der Waals surface area contributed by atoms with Crippen molar-refractivity contribution in [3.63, 3.8) is 0 Å². The molecule has 5 nitrogen and oxygen atoms in total. The third kappa shape index (κ3) is 5.21. The smallest absolute Gasteiger partial charge is 0.256 e. The Morgan fingerprint density at radius 2 is 2.00 bits per heavy atom. The lowest BCUT2D eigenvalue weighted by Gasteiger charge is -2.34. The van der Waals surface area contributed by atoms with Crippen LogP contribution in [0, 0.1) is 6.92 Å². The molecule has 2 aromatic rings. The quantitative estimate of drug-likeness (QED) is 0.718. The van der Waals surface area contributed by atoms with Gasteiger partial charge in [-0.1, -0.05) is 42.5 Å². The zero-order valence-corrected chi connectivity index (χ0v) is 17.3. The Morgan fingerprint density at radius 1 is 1.26 bits per heavy atom. The van der Waals surface area contributed by atoms with E-state index in [0.29, 0.717) is 20.7 Å². The summed E-state index contributed by atoms with van der Waals surface area (Å²) < 4.78 is 0. The number of carbonyl (C=O) groups excluding carboxylic acids is 2. The van der Waals surface area contributed by atoms with Crippen molar-refractivity contribution in [3.8, 4) is 0 Å². The summed E-state index contributed by atoms with van der Waals surface area (Å²) in [5.74, 6) is -0.498. The lowest BCUT2D eigenvalue weighted by Crippen LogP contribution is -2.45. The number of carbonyl (C=O) groups is 2. The highest BCUT2D eigenvalue weighted by Gasteiger charge is 2.29. The number of aryl methyl sites for hydroxylation is 1. The third-order valence-electron chi connectivity index (χ3n) is 4.62. The van der Waals surface area contributed by atoms with Crippen LogP contribution in [-0.4, -0.2) is 34.3 Å². The van der Waals surface area contributed by atoms with Crippen molar-refractivity contribution < 1.29 is 9.59 Å². The van der Waals surface area contributed by atoms with Crippen LogP contribution in [0.2, 0.25) is 10.0 Å². The van der Waals surface area contributed by atoms with E-state index >= 15 is 0 Å². The lowest BCUT2D eigenvalue weighted by atomic mass is 9.93. The standard InChI is InChI=1S/C19H21Cl2N3O2S/c1-12-11-27-19(22-12)23-17(25)10-24(14-5-3-2-4-6-14)18(26)15-8-7-13(20)9-16(15)21/h7-9,11,14H,2-6,10H2,1H3,(H,22,23,25). The van der Waals surface area contributed by atoms with E-state index in [1.807, 2.05) is 12.3 Å². The van der Waals surface area contributed by atoms with E-state index in [-0.39, 0.29) is 24.4 Å². The van der Waals surface area contributed by atoms with E-state index in [4.69, 9.17) is 23.2 Å². The van der Waals surface area contributed by atoms with Gasteiger partial charge in [-0.25, -0.2) is 4.98 Å². The fraction of sp³-hybridized carbons (Fsp3) is 0.421. The first-order valence-electron chi connectivity index (χ1n) is 8.92. The normalized spacial score (nSPS) is 14.8. The molecule has 1 aromatic carbocycles. The summed E-state index contributed by atoms with van der Waals surface area (Å²) in [5.41, 5.74) is 1.22. The number of hydrogen-bond acceptors (Lipinski definition) is 4. The minimum atomic E-state index is -0.256. The molecule has 0 unspecified atom stereocenters. The van der Waals surface area contributed by atoms with Gasteiger partial charge in [-0.15, -0.1) is 11.3 Å². The molecular weight excluding hydrogens is 405 g/mol. The van der Waals surface area contributed by atoms with Crippen molar-refractivity contribution >= 4 is 51.5 Å². The second kappa shape index (κ2) is 9.04. The summed E-state index contributed by atoms with van der Waals surface area (Å²) >= 11 is 13.5. The molecule has 3 rings (SSSR count). The van der Waals surface area contributed by atoms with E-state index in [0.717, 1.165) is 37.8 Å². The maximum Gasteiger partial charge on any atom is 0.256 e. The number of amides is 2. The van der Waals surface area contributed by atoms with Crippen LogP contribution in [0.15, 0.2) is 23.6 Å². The van der Waals surface area contributed by atoms with E-state index < -0.39 is 0 Å². The molecule has 8 heteroatoms. The van der Waals surface area contributed by atoms with Gasteiger partial charge in [0, 0.05) is 16.4 Å². The SMILES string of the molecule is Cc1csc(NC(=O)CN(C(=O)c2ccc(Cl)cc2Cl)C2CCCCC2)n1. The molecule has 2 amide bonds. The third-order valence-corrected chi connectivity index (χ3v) is 6.04. The maximum atomic E-state index is 13.2. The van der Waals surface area contributed by atoms with Gasteiger partial charge in [0.15, 0.2) is 5.13 Å². The molecule has 1 aliphatic carbocycles. The first kappa shape index (κ1) is 20.1. The van der Waals surface area contributed by atoms with E-state index in [1.54, 1.807) is 23.1 Å². The van der Waals surface area contributed by atoms with Gasteiger partial charge in [-0.05, 0) is 38.0 Å². The predicted molar refractivity (Wildman–Crippen MR) is 110 cm³/mol. The molecule has 1 aliphatic rings. The van der Waals surface area contributed by atoms with Crippen molar-refractivity contribution in [2.75, 3.05) is 11.9 Å². The Hall–Kier alpha value is -1.63. The van der Waals surface area contributed by atoms with Crippen molar-refractivity contribution in [3.05, 3.63) is 44.9 Å². The van der Waals surface area contributed by atoms with Crippen LogP contribution < -0.4 is 5.32 Å². The van der Waals surface area contributed by atoms with Crippen LogP contribution in [0.5, 0.6) is 0 Å². The van der Waals surface area contributed by atoms with Crippen molar-refractivity contribution in [1.29, 1.82) is 0 Å². The number of nitrogens with zero attached hydrogens (tertiary/aromatic N) is 2. The Balaban J connectivity index is 1.79. The molecule has 1 heterocycles. The number of nitrogens with one attached hydrogen (secondary N) is 1. The number of halogens is 2. The molecule has 1 N–H and O–H groups in total. The fourth-order valence-electron chi connectivity index (χ4n) is 3.30. The Morgan fingerprint density at radius 3 is 2.63 bits per heavy atom. The number of anilines is 1. The maximum absolute atomic E-state index is 13.2. The van der Waals surface area contributed by atoms with Crippen molar-refractivity contribution in [2.45, 2.75) is 45.1 Å². The molecule has 1 fully saturated rings. The number of hydrogen-bond donors (Lipinski definition) is 1. The summed E-state index contributed by atoms with van der Waals surface area (Å²) in [4.78, 5) is 31.6. The summed E-state index contributed by atoms with van der Waals surface area (Å²) in [7, 11) is 0. The van der Waals surface area contributed by atoms with Crippen LogP contribution in [0.4, 0.5) is 5.13 Å². The molecule has 27 heavy (non-hydrogen) atoms. The van der Waals surface area contributed by atoms with Gasteiger partial charge in [0.05, 0.1) is 16.3 Å². The van der Waals surface area contributed by atoms with Crippen LogP contribution in [0.25, 0.3) is 0 Å². The second-order valence-electron chi connectivity index (χ2n) is 6.69. The minimum absolute atomic E-state index is 0.0267. The Bertz CT molecular complexity index is 834. The lowest BCUT2D eigenvalue weighted by molar-refractivity contribution is -0.117. The summed E-state index contributed by atoms with van der Waals surface area (Å²) in [5, 5.41) is 5.96. The van der Waals surface area contributed by atoms with Crippen LogP contribution in [-0.2, 0) is 4.79 Å². The fourth-order valence-corrected chi connectivity index (χ4v) is 4.50. The molecule has 0 spiro atoms. The van der Waals surface area contributed by atoms with Crippen molar-refractivity contribution in [2.24, 2.45) is 0 Å². The Kier molecular flexibility index (Phi) is 6.73. The largest absolute Gasteiger partial charge is 0.326 e. The topological polar surface area (TPSA) is 62.3 Å². The molecule has 144 valence electrons. The van der Waals surface area contributed by atoms with Gasteiger partial charge in [-0.2, -0.15) is 0 Å². The predicted octanol–water partition coefficient (Wildman–Crippen LogP) is 5.17. The van der Waals surface area contributed by atoms with Gasteiger partial charge in [0.2, 0.25) is 5.91 Å². The number of rotatable bonds is 5. The molecule has 1 aromatic heterocycles. The molecule has 0 bridgehead atoms. The van der Waals surface area contributed by atoms with E-state index in [2.05, 4.69) is 10.3 Å². The van der Waals surface area contributed by atoms with Gasteiger partial charge < -0.3 is 10.2 Å². The molecular formula is C19H21Cl2N3O2S. The average Bonchev–Trinajstić information content (AvgIpc) is 3.04. The zero-order chi connectivity index (χ0) is 19.4. The molecule has 0 saturated heterocycles. The first-order valence-corrected chi connectivity index (χ1v) is 10.6. The summed E-state index contributed by atoms with van der Waals surface area (Å²) in [6.45, 7) is 1.84. The van der Waals surface area contributed by atoms with E-state index in [9.17, 15) is 9.59 Å². The monoisotopic (exact) mass is 425 g/mol. The number of benzene rings is 1. The van der Waals surface area contributed by atoms with Crippen LogP contribution >= 0.6 is 34.5 Å². The van der Waals surface area contributed by atoms with E-state index in [1.165, 1.54) is 11.3 Å². The molecule has 0 radical (unpaired) electrons.